The van der Waals surface area contributed by atoms with Gasteiger partial charge in [-0.25, -0.2) is 0 Å². The molecule has 0 aromatic heterocycles. The van der Waals surface area contributed by atoms with Crippen LogP contribution in [0.15, 0.2) is 0 Å². The summed E-state index contributed by atoms with van der Waals surface area (Å²) >= 11 is 0. The van der Waals surface area contributed by atoms with Gasteiger partial charge in [0, 0.05) is 13.3 Å². The van der Waals surface area contributed by atoms with E-state index in [1.54, 1.807) is 0 Å². The number of carbonyl (C=O) groups excluding carboxylic acids is 1. The van der Waals surface area contributed by atoms with Gasteiger partial charge in [0.2, 0.25) is 0 Å². The summed E-state index contributed by atoms with van der Waals surface area (Å²) in [5.41, 5.74) is 0. The standard InChI is InChI=1S/C27H53NO4/c1-5-6-7-8-9-10-11-12-13-14-15-16-17-18-21-26(32-25(2)29)24-28(3,4)23-20-19-22-27(30)31/h26H,5-24H2,1-4H3/p+1. The van der Waals surface area contributed by atoms with Crippen molar-refractivity contribution in [1.82, 2.24) is 0 Å². The Morgan fingerprint density at radius 3 is 1.66 bits per heavy atom. The minimum Gasteiger partial charge on any atom is -0.481 e. The molecule has 0 fully saturated rings. The fraction of sp³-hybridized carbons (Fsp3) is 0.926. The zero-order valence-corrected chi connectivity index (χ0v) is 21.8. The normalized spacial score (nSPS) is 12.6. The van der Waals surface area contributed by atoms with E-state index in [9.17, 15) is 9.59 Å². The maximum Gasteiger partial charge on any atom is 0.303 e. The van der Waals surface area contributed by atoms with Gasteiger partial charge < -0.3 is 14.3 Å². The zero-order chi connectivity index (χ0) is 24.1. The molecule has 1 N–H and O–H groups in total. The minimum atomic E-state index is -0.731. The summed E-state index contributed by atoms with van der Waals surface area (Å²) < 4.78 is 6.36. The Balaban J connectivity index is 3.82. The highest BCUT2D eigenvalue weighted by Gasteiger charge is 2.24. The van der Waals surface area contributed by atoms with E-state index in [1.165, 1.54) is 90.4 Å². The molecule has 0 saturated heterocycles. The van der Waals surface area contributed by atoms with E-state index < -0.39 is 5.97 Å². The van der Waals surface area contributed by atoms with Gasteiger partial charge in [0.1, 0.15) is 6.54 Å². The highest BCUT2D eigenvalue weighted by Crippen LogP contribution is 2.16. The summed E-state index contributed by atoms with van der Waals surface area (Å²) in [4.78, 5) is 22.2. The van der Waals surface area contributed by atoms with E-state index in [4.69, 9.17) is 9.84 Å². The number of nitrogens with zero attached hydrogens (tertiary/aromatic N) is 1. The average Bonchev–Trinajstić information content (AvgIpc) is 2.70. The van der Waals surface area contributed by atoms with Crippen LogP contribution in [0, 0.1) is 0 Å². The van der Waals surface area contributed by atoms with Crippen LogP contribution in [0.5, 0.6) is 0 Å². The summed E-state index contributed by atoms with van der Waals surface area (Å²) in [6, 6.07) is 0. The first-order valence-electron chi connectivity index (χ1n) is 13.5. The van der Waals surface area contributed by atoms with Crippen molar-refractivity contribution >= 4 is 11.9 Å². The van der Waals surface area contributed by atoms with Gasteiger partial charge in [-0.3, -0.25) is 9.59 Å². The molecular weight excluding hydrogens is 402 g/mol. The Bertz CT molecular complexity index is 465. The summed E-state index contributed by atoms with van der Waals surface area (Å²) in [6.45, 7) is 5.47. The van der Waals surface area contributed by atoms with Crippen molar-refractivity contribution in [2.45, 2.75) is 136 Å². The first kappa shape index (κ1) is 30.9. The molecule has 0 rings (SSSR count). The number of hydrogen-bond donors (Lipinski definition) is 1. The molecule has 5 heteroatoms. The molecule has 0 spiro atoms. The molecule has 0 aromatic rings. The van der Waals surface area contributed by atoms with Crippen LogP contribution in [-0.4, -0.2) is 54.8 Å². The number of aliphatic carboxylic acids is 1. The quantitative estimate of drug-likeness (QED) is 0.101. The van der Waals surface area contributed by atoms with Gasteiger partial charge in [-0.2, -0.15) is 0 Å². The Hall–Kier alpha value is -1.10. The van der Waals surface area contributed by atoms with Gasteiger partial charge in [-0.15, -0.1) is 0 Å². The van der Waals surface area contributed by atoms with Crippen LogP contribution in [0.4, 0.5) is 0 Å². The number of carbonyl (C=O) groups is 2. The molecule has 32 heavy (non-hydrogen) atoms. The molecule has 1 atom stereocenters. The topological polar surface area (TPSA) is 63.6 Å². The molecule has 0 aliphatic rings. The molecular formula is C27H54NO4+. The van der Waals surface area contributed by atoms with Crippen molar-refractivity contribution in [1.29, 1.82) is 0 Å². The number of carboxylic acids is 1. The van der Waals surface area contributed by atoms with E-state index in [0.717, 1.165) is 36.8 Å². The number of quaternary nitrogens is 1. The van der Waals surface area contributed by atoms with Crippen LogP contribution < -0.4 is 0 Å². The fourth-order valence-corrected chi connectivity index (χ4v) is 4.45. The van der Waals surface area contributed by atoms with Crippen molar-refractivity contribution < 1.29 is 23.9 Å². The van der Waals surface area contributed by atoms with Crippen LogP contribution >= 0.6 is 0 Å². The number of ether oxygens (including phenoxy) is 1. The lowest BCUT2D eigenvalue weighted by molar-refractivity contribution is -0.893. The molecule has 0 aliphatic carbocycles. The minimum absolute atomic E-state index is 0.0423. The van der Waals surface area contributed by atoms with Crippen LogP contribution in [-0.2, 0) is 14.3 Å². The van der Waals surface area contributed by atoms with Crippen molar-refractivity contribution in [3.63, 3.8) is 0 Å². The Morgan fingerprint density at radius 1 is 0.750 bits per heavy atom. The predicted octanol–water partition coefficient (Wildman–Crippen LogP) is 7.12. The van der Waals surface area contributed by atoms with Gasteiger partial charge in [0.15, 0.2) is 6.10 Å². The summed E-state index contributed by atoms with van der Waals surface area (Å²) in [5, 5.41) is 8.78. The molecule has 0 amide bonds. The number of rotatable bonds is 23. The van der Waals surface area contributed by atoms with E-state index in [-0.39, 0.29) is 18.5 Å². The lowest BCUT2D eigenvalue weighted by Gasteiger charge is -2.33. The molecule has 0 aliphatic heterocycles. The first-order chi connectivity index (χ1) is 15.3. The third kappa shape index (κ3) is 22.1. The summed E-state index contributed by atoms with van der Waals surface area (Å²) in [5.74, 6) is -0.933. The number of unbranched alkanes of at least 4 members (excludes halogenated alkanes) is 14. The highest BCUT2D eigenvalue weighted by molar-refractivity contribution is 5.66. The second-order valence-electron chi connectivity index (χ2n) is 10.3. The van der Waals surface area contributed by atoms with Crippen molar-refractivity contribution in [3.8, 4) is 0 Å². The molecule has 1 unspecified atom stereocenters. The van der Waals surface area contributed by atoms with E-state index in [0.29, 0.717) is 6.42 Å². The number of carboxylic acid groups (broad SMARTS) is 1. The molecule has 0 bridgehead atoms. The maximum absolute atomic E-state index is 11.5. The largest absolute Gasteiger partial charge is 0.481 e. The summed E-state index contributed by atoms with van der Waals surface area (Å²) in [6.07, 6.45) is 21.5. The van der Waals surface area contributed by atoms with Gasteiger partial charge in [0.25, 0.3) is 0 Å². The Kier molecular flexibility index (Phi) is 19.8. The molecule has 0 aromatic carbocycles. The van der Waals surface area contributed by atoms with Crippen molar-refractivity contribution in [3.05, 3.63) is 0 Å². The predicted molar refractivity (Wildman–Crippen MR) is 134 cm³/mol. The van der Waals surface area contributed by atoms with Gasteiger partial charge >= 0.3 is 11.9 Å². The van der Waals surface area contributed by atoms with Gasteiger partial charge in [-0.05, 0) is 25.7 Å². The van der Waals surface area contributed by atoms with Crippen LogP contribution in [0.1, 0.15) is 129 Å². The number of hydrogen-bond acceptors (Lipinski definition) is 3. The van der Waals surface area contributed by atoms with Crippen molar-refractivity contribution in [2.75, 3.05) is 27.2 Å². The van der Waals surface area contributed by atoms with Gasteiger partial charge in [0.05, 0.1) is 20.6 Å². The smallest absolute Gasteiger partial charge is 0.303 e. The third-order valence-corrected chi connectivity index (χ3v) is 6.31. The average molecular weight is 457 g/mol. The zero-order valence-electron chi connectivity index (χ0n) is 21.8. The van der Waals surface area contributed by atoms with E-state index in [2.05, 4.69) is 21.0 Å². The number of likely N-dealkylation sites (N-methyl/N-ethyl adjacent to an activating group) is 1. The second kappa shape index (κ2) is 20.5. The van der Waals surface area contributed by atoms with Crippen LogP contribution in [0.3, 0.4) is 0 Å². The number of esters is 1. The van der Waals surface area contributed by atoms with E-state index in [1.807, 2.05) is 0 Å². The van der Waals surface area contributed by atoms with Crippen molar-refractivity contribution in [2.24, 2.45) is 0 Å². The fourth-order valence-electron chi connectivity index (χ4n) is 4.45. The maximum atomic E-state index is 11.5. The van der Waals surface area contributed by atoms with E-state index >= 15 is 0 Å². The molecule has 0 heterocycles. The molecule has 5 nitrogen and oxygen atoms in total. The Morgan fingerprint density at radius 2 is 1.22 bits per heavy atom. The third-order valence-electron chi connectivity index (χ3n) is 6.31. The SMILES string of the molecule is CCCCCCCCCCCCCCCCC(C[N+](C)(C)CCCCC(=O)O)OC(C)=O. The second-order valence-corrected chi connectivity index (χ2v) is 10.3. The monoisotopic (exact) mass is 456 g/mol. The summed E-state index contributed by atoms with van der Waals surface area (Å²) in [7, 11) is 4.28. The van der Waals surface area contributed by atoms with Crippen LogP contribution in [0.2, 0.25) is 0 Å². The highest BCUT2D eigenvalue weighted by atomic mass is 16.5. The lowest BCUT2D eigenvalue weighted by atomic mass is 10.0. The molecule has 0 saturated carbocycles. The molecule has 190 valence electrons. The van der Waals surface area contributed by atoms with Crippen LogP contribution in [0.25, 0.3) is 0 Å². The molecule has 0 radical (unpaired) electrons. The van der Waals surface area contributed by atoms with Gasteiger partial charge in [-0.1, -0.05) is 90.4 Å². The lowest BCUT2D eigenvalue weighted by Crippen LogP contribution is -2.47. The first-order valence-corrected chi connectivity index (χ1v) is 13.5. The Labute approximate surface area is 198 Å².